The Balaban J connectivity index is 2.15. The number of ether oxygens (including phenoxy) is 2. The Bertz CT molecular complexity index is 610. The van der Waals surface area contributed by atoms with Crippen LogP contribution in [0.25, 0.3) is 0 Å². The molecule has 0 N–H and O–H groups in total. The van der Waals surface area contributed by atoms with E-state index in [0.717, 1.165) is 0 Å². The van der Waals surface area contributed by atoms with Crippen LogP contribution in [0.2, 0.25) is 5.02 Å². The minimum absolute atomic E-state index is 0.189. The molecule has 2 rings (SSSR count). The summed E-state index contributed by atoms with van der Waals surface area (Å²) in [5.74, 6) is 0.156. The van der Waals surface area contributed by atoms with Gasteiger partial charge in [-0.1, -0.05) is 23.7 Å². The first kappa shape index (κ1) is 14.4. The van der Waals surface area contributed by atoms with E-state index >= 15 is 0 Å². The summed E-state index contributed by atoms with van der Waals surface area (Å²) < 4.78 is 12.2. The molecule has 1 heterocycles. The maximum Gasteiger partial charge on any atom is 0.341 e. The summed E-state index contributed by atoms with van der Waals surface area (Å²) in [4.78, 5) is 11.8. The summed E-state index contributed by atoms with van der Waals surface area (Å²) in [6.45, 7) is 2.26. The molecule has 0 aliphatic rings. The number of nitrogens with zero attached hydrogens (tertiary/aromatic N) is 2. The highest BCUT2D eigenvalue weighted by Gasteiger charge is 2.17. The molecule has 1 aromatic carbocycles. The van der Waals surface area contributed by atoms with Crippen LogP contribution in [0.15, 0.2) is 30.5 Å². The van der Waals surface area contributed by atoms with Crippen LogP contribution in [0.1, 0.15) is 23.0 Å². The van der Waals surface area contributed by atoms with Gasteiger partial charge in [0, 0.05) is 7.05 Å². The monoisotopic (exact) mass is 294 g/mol. The molecule has 0 aliphatic carbocycles. The van der Waals surface area contributed by atoms with Crippen LogP contribution in [0.5, 0.6) is 5.75 Å². The van der Waals surface area contributed by atoms with E-state index in [-0.39, 0.29) is 6.61 Å². The standard InChI is InChI=1S/C14H15ClN2O3/c1-3-19-14(18)10-8-16-17(2)12(10)9-20-13-7-5-4-6-11(13)15/h4-8H,3,9H2,1-2H3. The van der Waals surface area contributed by atoms with Crippen molar-refractivity contribution in [3.05, 3.63) is 46.7 Å². The molecule has 0 spiro atoms. The molecule has 0 radical (unpaired) electrons. The van der Waals surface area contributed by atoms with Crippen LogP contribution in [0.3, 0.4) is 0 Å². The highest BCUT2D eigenvalue weighted by molar-refractivity contribution is 6.32. The second kappa shape index (κ2) is 6.43. The molecule has 0 unspecified atom stereocenters. The summed E-state index contributed by atoms with van der Waals surface area (Å²) >= 11 is 6.02. The van der Waals surface area contributed by atoms with E-state index in [1.807, 2.05) is 12.1 Å². The van der Waals surface area contributed by atoms with Gasteiger partial charge in [0.1, 0.15) is 17.9 Å². The van der Waals surface area contributed by atoms with Crippen LogP contribution >= 0.6 is 11.6 Å². The van der Waals surface area contributed by atoms with Crippen molar-refractivity contribution in [3.8, 4) is 5.75 Å². The molecule has 20 heavy (non-hydrogen) atoms. The van der Waals surface area contributed by atoms with Crippen molar-refractivity contribution in [2.45, 2.75) is 13.5 Å². The molecule has 2 aromatic rings. The summed E-state index contributed by atoms with van der Waals surface area (Å²) in [7, 11) is 1.74. The molecule has 0 saturated heterocycles. The lowest BCUT2D eigenvalue weighted by atomic mass is 10.2. The Hall–Kier alpha value is -2.01. The van der Waals surface area contributed by atoms with Gasteiger partial charge in [-0.05, 0) is 19.1 Å². The van der Waals surface area contributed by atoms with E-state index in [2.05, 4.69) is 5.10 Å². The van der Waals surface area contributed by atoms with Gasteiger partial charge in [-0.25, -0.2) is 4.79 Å². The highest BCUT2D eigenvalue weighted by Crippen LogP contribution is 2.24. The fraction of sp³-hybridized carbons (Fsp3) is 0.286. The average Bonchev–Trinajstić information content (AvgIpc) is 2.79. The molecule has 106 valence electrons. The molecule has 0 saturated carbocycles. The molecule has 5 nitrogen and oxygen atoms in total. The molecule has 1 aromatic heterocycles. The maximum absolute atomic E-state index is 11.8. The van der Waals surface area contributed by atoms with Crippen LogP contribution in [0.4, 0.5) is 0 Å². The molecule has 0 aliphatic heterocycles. The second-order valence-corrected chi connectivity index (χ2v) is 4.48. The number of para-hydroxylation sites is 1. The van der Waals surface area contributed by atoms with Gasteiger partial charge < -0.3 is 9.47 Å². The third-order valence-corrected chi connectivity index (χ3v) is 3.07. The van der Waals surface area contributed by atoms with Gasteiger partial charge >= 0.3 is 5.97 Å². The molecule has 0 atom stereocenters. The SMILES string of the molecule is CCOC(=O)c1cnn(C)c1COc1ccccc1Cl. The van der Waals surface area contributed by atoms with Crippen molar-refractivity contribution < 1.29 is 14.3 Å². The molecular weight excluding hydrogens is 280 g/mol. The molecule has 0 amide bonds. The zero-order valence-corrected chi connectivity index (χ0v) is 12.1. The summed E-state index contributed by atoms with van der Waals surface area (Å²) in [5.41, 5.74) is 1.05. The van der Waals surface area contributed by atoms with E-state index in [4.69, 9.17) is 21.1 Å². The Morgan fingerprint density at radius 3 is 2.85 bits per heavy atom. The number of aromatic nitrogens is 2. The largest absolute Gasteiger partial charge is 0.486 e. The van der Waals surface area contributed by atoms with Gasteiger partial charge in [0.2, 0.25) is 0 Å². The van der Waals surface area contributed by atoms with Gasteiger partial charge in [0.15, 0.2) is 0 Å². The van der Waals surface area contributed by atoms with Crippen molar-refractivity contribution in [2.24, 2.45) is 7.05 Å². The number of hydrogen-bond donors (Lipinski definition) is 0. The zero-order chi connectivity index (χ0) is 14.5. The Morgan fingerprint density at radius 2 is 2.15 bits per heavy atom. The third kappa shape index (κ3) is 3.11. The van der Waals surface area contributed by atoms with Gasteiger partial charge in [-0.3, -0.25) is 4.68 Å². The normalized spacial score (nSPS) is 10.3. The Kier molecular flexibility index (Phi) is 4.63. The first-order chi connectivity index (χ1) is 9.63. The maximum atomic E-state index is 11.8. The Morgan fingerprint density at radius 1 is 1.40 bits per heavy atom. The lowest BCUT2D eigenvalue weighted by Crippen LogP contribution is -2.11. The van der Waals surface area contributed by atoms with E-state index in [1.54, 1.807) is 30.8 Å². The van der Waals surface area contributed by atoms with Crippen molar-refractivity contribution >= 4 is 17.6 Å². The fourth-order valence-electron chi connectivity index (χ4n) is 1.72. The highest BCUT2D eigenvalue weighted by atomic mass is 35.5. The third-order valence-electron chi connectivity index (χ3n) is 2.76. The van der Waals surface area contributed by atoms with E-state index in [1.165, 1.54) is 6.20 Å². The first-order valence-electron chi connectivity index (χ1n) is 6.18. The Labute approximate surface area is 122 Å². The van der Waals surface area contributed by atoms with Crippen LogP contribution < -0.4 is 4.74 Å². The molecular formula is C14H15ClN2O3. The smallest absolute Gasteiger partial charge is 0.341 e. The van der Waals surface area contributed by atoms with E-state index < -0.39 is 5.97 Å². The first-order valence-corrected chi connectivity index (χ1v) is 6.56. The van der Waals surface area contributed by atoms with Crippen molar-refractivity contribution in [1.29, 1.82) is 0 Å². The predicted molar refractivity (Wildman–Crippen MR) is 74.9 cm³/mol. The lowest BCUT2D eigenvalue weighted by Gasteiger charge is -2.09. The van der Waals surface area contributed by atoms with Crippen LogP contribution in [-0.2, 0) is 18.4 Å². The van der Waals surface area contributed by atoms with Gasteiger partial charge in [0.25, 0.3) is 0 Å². The van der Waals surface area contributed by atoms with E-state index in [9.17, 15) is 4.79 Å². The minimum Gasteiger partial charge on any atom is -0.486 e. The second-order valence-electron chi connectivity index (χ2n) is 4.07. The van der Waals surface area contributed by atoms with Gasteiger partial charge in [-0.2, -0.15) is 5.10 Å². The quantitative estimate of drug-likeness (QED) is 0.796. The predicted octanol–water partition coefficient (Wildman–Crippen LogP) is 2.83. The summed E-state index contributed by atoms with van der Waals surface area (Å²) in [6.07, 6.45) is 1.48. The van der Waals surface area contributed by atoms with Crippen molar-refractivity contribution in [1.82, 2.24) is 9.78 Å². The average molecular weight is 295 g/mol. The summed E-state index contributed by atoms with van der Waals surface area (Å²) in [5, 5.41) is 4.58. The number of benzene rings is 1. The number of halogens is 1. The number of hydrogen-bond acceptors (Lipinski definition) is 4. The van der Waals surface area contributed by atoms with Gasteiger partial charge in [-0.15, -0.1) is 0 Å². The lowest BCUT2D eigenvalue weighted by molar-refractivity contribution is 0.0523. The fourth-order valence-corrected chi connectivity index (χ4v) is 1.91. The number of esters is 1. The topological polar surface area (TPSA) is 53.3 Å². The number of carbonyl (C=O) groups is 1. The van der Waals surface area contributed by atoms with E-state index in [0.29, 0.717) is 28.6 Å². The number of aryl methyl sites for hydroxylation is 1. The van der Waals surface area contributed by atoms with Crippen LogP contribution in [-0.4, -0.2) is 22.4 Å². The van der Waals surface area contributed by atoms with Crippen molar-refractivity contribution in [3.63, 3.8) is 0 Å². The van der Waals surface area contributed by atoms with Gasteiger partial charge in [0.05, 0.1) is 23.5 Å². The number of carbonyl (C=O) groups excluding carboxylic acids is 1. The molecule has 6 heteroatoms. The molecule has 0 bridgehead atoms. The van der Waals surface area contributed by atoms with Crippen molar-refractivity contribution in [2.75, 3.05) is 6.61 Å². The molecule has 0 fully saturated rings. The summed E-state index contributed by atoms with van der Waals surface area (Å²) in [6, 6.07) is 7.16. The number of rotatable bonds is 5. The van der Waals surface area contributed by atoms with Crippen LogP contribution in [0, 0.1) is 0 Å². The minimum atomic E-state index is -0.404. The zero-order valence-electron chi connectivity index (χ0n) is 11.3.